The summed E-state index contributed by atoms with van der Waals surface area (Å²) in [4.78, 5) is 0. The van der Waals surface area contributed by atoms with Crippen LogP contribution in [-0.4, -0.2) is 10.2 Å². The molecule has 42 valence electrons. The summed E-state index contributed by atoms with van der Waals surface area (Å²) in [6.45, 7) is 0. The Kier molecular flexibility index (Phi) is 1.30. The van der Waals surface area contributed by atoms with Gasteiger partial charge in [0.1, 0.15) is 0 Å². The molecule has 0 fully saturated rings. The average molecular weight is 130 g/mol. The molecular formula is C4H2ClN2O-. The Hall–Kier alpha value is -0.830. The van der Waals surface area contributed by atoms with Crippen molar-refractivity contribution >= 4 is 11.6 Å². The Morgan fingerprint density at radius 1 is 1.38 bits per heavy atom. The first kappa shape index (κ1) is 5.31. The molecule has 0 aliphatic carbocycles. The van der Waals surface area contributed by atoms with Gasteiger partial charge in [0.05, 0.1) is 0 Å². The largest absolute Gasteiger partial charge is 0.857 e. The molecule has 4 heteroatoms. The highest BCUT2D eigenvalue weighted by Crippen LogP contribution is 2.02. The minimum Gasteiger partial charge on any atom is -0.857 e. The lowest BCUT2D eigenvalue weighted by atomic mass is 10.6. The van der Waals surface area contributed by atoms with Crippen LogP contribution >= 0.6 is 11.6 Å². The van der Waals surface area contributed by atoms with Crippen molar-refractivity contribution in [3.63, 3.8) is 0 Å². The number of rotatable bonds is 0. The normalized spacial score (nSPS) is 9.12. The topological polar surface area (TPSA) is 48.8 Å². The van der Waals surface area contributed by atoms with E-state index in [4.69, 9.17) is 11.6 Å². The van der Waals surface area contributed by atoms with Crippen LogP contribution in [0, 0.1) is 0 Å². The first-order chi connectivity index (χ1) is 3.79. The molecule has 0 spiro atoms. The van der Waals surface area contributed by atoms with Crippen molar-refractivity contribution < 1.29 is 5.11 Å². The van der Waals surface area contributed by atoms with E-state index in [2.05, 4.69) is 10.2 Å². The molecule has 0 saturated carbocycles. The highest BCUT2D eigenvalue weighted by molar-refractivity contribution is 6.29. The summed E-state index contributed by atoms with van der Waals surface area (Å²) in [5.41, 5.74) is 0. The van der Waals surface area contributed by atoms with Gasteiger partial charge in [0.2, 0.25) is 0 Å². The first-order valence-corrected chi connectivity index (χ1v) is 2.33. The van der Waals surface area contributed by atoms with Gasteiger partial charge in [-0.3, -0.25) is 0 Å². The van der Waals surface area contributed by atoms with E-state index in [1.54, 1.807) is 0 Å². The van der Waals surface area contributed by atoms with Crippen molar-refractivity contribution in [3.05, 3.63) is 17.3 Å². The van der Waals surface area contributed by atoms with Crippen LogP contribution in [0.2, 0.25) is 5.15 Å². The molecule has 0 N–H and O–H groups in total. The summed E-state index contributed by atoms with van der Waals surface area (Å²) in [6.07, 6.45) is 0. The van der Waals surface area contributed by atoms with Crippen molar-refractivity contribution in [2.75, 3.05) is 0 Å². The molecule has 0 aromatic carbocycles. The quantitative estimate of drug-likeness (QED) is 0.503. The lowest BCUT2D eigenvalue weighted by Gasteiger charge is -1.97. The molecule has 0 radical (unpaired) electrons. The first-order valence-electron chi connectivity index (χ1n) is 1.95. The molecule has 1 heterocycles. The number of halogens is 1. The maximum Gasteiger partial charge on any atom is 0.151 e. The zero-order valence-corrected chi connectivity index (χ0v) is 4.59. The van der Waals surface area contributed by atoms with Gasteiger partial charge < -0.3 is 5.11 Å². The molecule has 3 nitrogen and oxygen atoms in total. The van der Waals surface area contributed by atoms with E-state index in [1.807, 2.05) is 0 Å². The van der Waals surface area contributed by atoms with Crippen molar-refractivity contribution in [3.8, 4) is 5.88 Å². The van der Waals surface area contributed by atoms with Crippen LogP contribution in [0.3, 0.4) is 0 Å². The molecule has 0 aliphatic rings. The summed E-state index contributed by atoms with van der Waals surface area (Å²) < 4.78 is 0. The molecule has 0 amide bonds. The lowest BCUT2D eigenvalue weighted by Crippen LogP contribution is -1.94. The molecule has 1 aromatic rings. The fraction of sp³-hybridized carbons (Fsp3) is 0. The van der Waals surface area contributed by atoms with E-state index in [0.29, 0.717) is 0 Å². The molecule has 0 bridgehead atoms. The molecule has 1 rings (SSSR count). The highest BCUT2D eigenvalue weighted by Gasteiger charge is 1.81. The van der Waals surface area contributed by atoms with Crippen LogP contribution in [0.5, 0.6) is 5.88 Å². The van der Waals surface area contributed by atoms with Gasteiger partial charge in [-0.1, -0.05) is 11.6 Å². The molecule has 0 atom stereocenters. The van der Waals surface area contributed by atoms with Crippen LogP contribution in [-0.2, 0) is 0 Å². The minimum absolute atomic E-state index is 0.240. The van der Waals surface area contributed by atoms with Gasteiger partial charge >= 0.3 is 0 Å². The Balaban J connectivity index is 3.03. The Labute approximate surface area is 50.9 Å². The average Bonchev–Trinajstić information content (AvgIpc) is 1.77. The zero-order valence-electron chi connectivity index (χ0n) is 3.84. The maximum atomic E-state index is 10.2. The van der Waals surface area contributed by atoms with Crippen LogP contribution < -0.4 is 5.11 Å². The van der Waals surface area contributed by atoms with Crippen LogP contribution in [0.4, 0.5) is 0 Å². The minimum atomic E-state index is -0.366. The SMILES string of the molecule is [O-]c1ccc(Cl)nn1. The zero-order chi connectivity index (χ0) is 5.98. The molecule has 0 saturated heterocycles. The van der Waals surface area contributed by atoms with E-state index in [-0.39, 0.29) is 11.0 Å². The van der Waals surface area contributed by atoms with Gasteiger partial charge in [0.15, 0.2) is 5.15 Å². The fourth-order valence-electron chi connectivity index (χ4n) is 0.304. The summed E-state index contributed by atoms with van der Waals surface area (Å²) in [5, 5.41) is 16.9. The second kappa shape index (κ2) is 1.96. The van der Waals surface area contributed by atoms with E-state index in [0.717, 1.165) is 0 Å². The standard InChI is InChI=1S/C4H3ClN2O/c5-3-1-2-4(8)7-6-3/h1-2H,(H,7,8)/p-1. The van der Waals surface area contributed by atoms with Gasteiger partial charge in [0, 0.05) is 5.88 Å². The predicted octanol–water partition coefficient (Wildman–Crippen LogP) is 0.204. The summed E-state index contributed by atoms with van der Waals surface area (Å²) in [7, 11) is 0. The van der Waals surface area contributed by atoms with Crippen molar-refractivity contribution in [1.29, 1.82) is 0 Å². The number of aromatic nitrogens is 2. The molecule has 0 aliphatic heterocycles. The van der Waals surface area contributed by atoms with E-state index >= 15 is 0 Å². The third kappa shape index (κ3) is 1.07. The smallest absolute Gasteiger partial charge is 0.151 e. The molecule has 8 heavy (non-hydrogen) atoms. The molecule has 0 unspecified atom stereocenters. The summed E-state index contributed by atoms with van der Waals surface area (Å²) in [5.74, 6) is -0.366. The Morgan fingerprint density at radius 3 is 2.50 bits per heavy atom. The van der Waals surface area contributed by atoms with Gasteiger partial charge in [0.25, 0.3) is 0 Å². The Bertz CT molecular complexity index is 153. The molecule has 1 aromatic heterocycles. The van der Waals surface area contributed by atoms with Crippen molar-refractivity contribution in [2.45, 2.75) is 0 Å². The van der Waals surface area contributed by atoms with Gasteiger partial charge in [-0.05, 0) is 12.1 Å². The third-order valence-electron chi connectivity index (χ3n) is 0.608. The van der Waals surface area contributed by atoms with E-state index in [1.165, 1.54) is 12.1 Å². The van der Waals surface area contributed by atoms with Gasteiger partial charge in [-0.15, -0.1) is 5.10 Å². The van der Waals surface area contributed by atoms with Crippen LogP contribution in [0.1, 0.15) is 0 Å². The second-order valence-corrected chi connectivity index (χ2v) is 1.58. The van der Waals surface area contributed by atoms with E-state index < -0.39 is 0 Å². The highest BCUT2D eigenvalue weighted by atomic mass is 35.5. The maximum absolute atomic E-state index is 10.2. The van der Waals surface area contributed by atoms with Crippen LogP contribution in [0.25, 0.3) is 0 Å². The molecular weight excluding hydrogens is 128 g/mol. The van der Waals surface area contributed by atoms with Gasteiger partial charge in [-0.25, -0.2) is 0 Å². The third-order valence-corrected chi connectivity index (χ3v) is 0.809. The Morgan fingerprint density at radius 2 is 2.12 bits per heavy atom. The number of hydrogen-bond acceptors (Lipinski definition) is 3. The van der Waals surface area contributed by atoms with Gasteiger partial charge in [-0.2, -0.15) is 5.10 Å². The second-order valence-electron chi connectivity index (χ2n) is 1.19. The fourth-order valence-corrected chi connectivity index (χ4v) is 0.405. The monoisotopic (exact) mass is 129 g/mol. The summed E-state index contributed by atoms with van der Waals surface area (Å²) >= 11 is 5.30. The predicted molar refractivity (Wildman–Crippen MR) is 26.5 cm³/mol. The summed E-state index contributed by atoms with van der Waals surface area (Å²) in [6, 6.07) is 2.66. The number of nitrogens with zero attached hydrogens (tertiary/aromatic N) is 2. The van der Waals surface area contributed by atoms with E-state index in [9.17, 15) is 5.11 Å². The van der Waals surface area contributed by atoms with Crippen molar-refractivity contribution in [1.82, 2.24) is 10.2 Å². The lowest BCUT2D eigenvalue weighted by molar-refractivity contribution is -0.275. The van der Waals surface area contributed by atoms with Crippen molar-refractivity contribution in [2.24, 2.45) is 0 Å². The van der Waals surface area contributed by atoms with Crippen LogP contribution in [0.15, 0.2) is 12.1 Å². The number of hydrogen-bond donors (Lipinski definition) is 0.